The van der Waals surface area contributed by atoms with Gasteiger partial charge in [0, 0.05) is 27.4 Å². The molecule has 0 bridgehead atoms. The molecule has 25 heavy (non-hydrogen) atoms. The zero-order valence-corrected chi connectivity index (χ0v) is 13.7. The van der Waals surface area contributed by atoms with Crippen LogP contribution in [-0.4, -0.2) is 35.9 Å². The lowest BCUT2D eigenvalue weighted by Crippen LogP contribution is -2.26. The molecule has 1 amide bonds. The van der Waals surface area contributed by atoms with Gasteiger partial charge in [-0.1, -0.05) is 6.07 Å². The highest BCUT2D eigenvalue weighted by Crippen LogP contribution is 2.41. The Balaban J connectivity index is 1.68. The fraction of sp³-hybridized carbons (Fsp3) is 0.375. The lowest BCUT2D eigenvalue weighted by Gasteiger charge is -2.16. The first-order valence-corrected chi connectivity index (χ1v) is 7.33. The molecule has 134 valence electrons. The molecular formula is C16H15F2NO6. The number of likely N-dealkylation sites (N-methyl/N-ethyl adjacent to an activating group) is 1. The molecule has 1 aromatic rings. The van der Waals surface area contributed by atoms with Gasteiger partial charge < -0.3 is 23.8 Å². The number of hydrogen-bond acceptors (Lipinski definition) is 6. The number of benzene rings is 1. The second kappa shape index (κ2) is 5.61. The van der Waals surface area contributed by atoms with Gasteiger partial charge in [0.05, 0.1) is 6.08 Å². The summed E-state index contributed by atoms with van der Waals surface area (Å²) in [6.45, 7) is 3.19. The lowest BCUT2D eigenvalue weighted by atomic mass is 10.2. The van der Waals surface area contributed by atoms with Crippen molar-refractivity contribution >= 4 is 11.9 Å². The Hall–Kier alpha value is -2.84. The van der Waals surface area contributed by atoms with Crippen molar-refractivity contribution < 1.29 is 37.3 Å². The summed E-state index contributed by atoms with van der Waals surface area (Å²) in [5.41, 5.74) is 0.546. The molecular weight excluding hydrogens is 340 g/mol. The van der Waals surface area contributed by atoms with Gasteiger partial charge in [-0.05, 0) is 17.7 Å². The molecule has 1 aromatic carbocycles. The maximum atomic E-state index is 13.0. The molecule has 2 aliphatic rings. The van der Waals surface area contributed by atoms with Gasteiger partial charge in [-0.3, -0.25) is 4.79 Å². The largest absolute Gasteiger partial charge is 0.586 e. The lowest BCUT2D eigenvalue weighted by molar-refractivity contribution is -0.286. The summed E-state index contributed by atoms with van der Waals surface area (Å²) in [5, 5.41) is 0. The number of ether oxygens (including phenoxy) is 4. The number of halogens is 2. The van der Waals surface area contributed by atoms with E-state index in [2.05, 4.69) is 9.47 Å². The van der Waals surface area contributed by atoms with Crippen molar-refractivity contribution in [2.75, 3.05) is 7.05 Å². The monoisotopic (exact) mass is 355 g/mol. The summed E-state index contributed by atoms with van der Waals surface area (Å²) in [7, 11) is 1.49. The zero-order chi connectivity index (χ0) is 18.4. The summed E-state index contributed by atoms with van der Waals surface area (Å²) in [4.78, 5) is 25.1. The van der Waals surface area contributed by atoms with E-state index in [0.717, 1.165) is 6.08 Å². The normalized spacial score (nSPS) is 21.0. The third kappa shape index (κ3) is 3.65. The third-order valence-electron chi connectivity index (χ3n) is 3.41. The van der Waals surface area contributed by atoms with E-state index in [4.69, 9.17) is 9.47 Å². The first kappa shape index (κ1) is 17.0. The molecule has 0 aliphatic carbocycles. The van der Waals surface area contributed by atoms with Gasteiger partial charge in [-0.15, -0.1) is 8.78 Å². The quantitative estimate of drug-likeness (QED) is 0.611. The number of carbonyl (C=O) groups excluding carboxylic acids is 2. The van der Waals surface area contributed by atoms with Crippen LogP contribution in [0.2, 0.25) is 0 Å². The number of esters is 1. The van der Waals surface area contributed by atoms with Crippen molar-refractivity contribution in [2.45, 2.75) is 32.5 Å². The Morgan fingerprint density at radius 1 is 1.16 bits per heavy atom. The number of fused-ring (bicyclic) bond motifs is 1. The van der Waals surface area contributed by atoms with Gasteiger partial charge in [-0.25, -0.2) is 4.79 Å². The molecule has 0 N–H and O–H groups in total. The number of cyclic esters (lactones) is 1. The van der Waals surface area contributed by atoms with Crippen LogP contribution in [0, 0.1) is 0 Å². The van der Waals surface area contributed by atoms with Crippen LogP contribution in [0.5, 0.6) is 11.5 Å². The van der Waals surface area contributed by atoms with Crippen molar-refractivity contribution in [1.82, 2.24) is 4.90 Å². The topological polar surface area (TPSA) is 74.3 Å². The van der Waals surface area contributed by atoms with Crippen molar-refractivity contribution in [3.8, 4) is 11.5 Å². The summed E-state index contributed by atoms with van der Waals surface area (Å²) < 4.78 is 44.9. The first-order chi connectivity index (χ1) is 11.5. The molecule has 0 atom stereocenters. The van der Waals surface area contributed by atoms with Gasteiger partial charge in [0.1, 0.15) is 0 Å². The van der Waals surface area contributed by atoms with Crippen LogP contribution in [0.1, 0.15) is 19.4 Å². The Bertz CT molecular complexity index is 774. The van der Waals surface area contributed by atoms with Crippen LogP contribution in [0.15, 0.2) is 30.0 Å². The average Bonchev–Trinajstić information content (AvgIpc) is 2.91. The molecule has 0 unspecified atom stereocenters. The maximum Gasteiger partial charge on any atom is 0.586 e. The number of nitrogens with zero attached hydrogens (tertiary/aromatic N) is 1. The molecule has 0 spiro atoms. The zero-order valence-electron chi connectivity index (χ0n) is 13.7. The third-order valence-corrected chi connectivity index (χ3v) is 3.41. The molecule has 0 saturated carbocycles. The van der Waals surface area contributed by atoms with Crippen LogP contribution in [0.25, 0.3) is 0 Å². The molecule has 9 heteroatoms. The van der Waals surface area contributed by atoms with Gasteiger partial charge in [0.15, 0.2) is 11.5 Å². The van der Waals surface area contributed by atoms with E-state index in [-0.39, 0.29) is 23.8 Å². The highest BCUT2D eigenvalue weighted by Gasteiger charge is 2.43. The summed E-state index contributed by atoms with van der Waals surface area (Å²) in [6.07, 6.45) is -2.67. The van der Waals surface area contributed by atoms with E-state index < -0.39 is 24.0 Å². The van der Waals surface area contributed by atoms with Crippen molar-refractivity contribution in [2.24, 2.45) is 0 Å². The number of rotatable bonds is 3. The van der Waals surface area contributed by atoms with E-state index in [1.807, 2.05) is 0 Å². The van der Waals surface area contributed by atoms with Crippen LogP contribution in [-0.2, 0) is 25.6 Å². The highest BCUT2D eigenvalue weighted by atomic mass is 19.3. The maximum absolute atomic E-state index is 13.0. The predicted molar refractivity (Wildman–Crippen MR) is 78.5 cm³/mol. The summed E-state index contributed by atoms with van der Waals surface area (Å²) >= 11 is 0. The average molecular weight is 355 g/mol. The fourth-order valence-corrected chi connectivity index (χ4v) is 2.36. The molecule has 7 nitrogen and oxygen atoms in total. The molecule has 2 heterocycles. The SMILES string of the molecule is CN(Cc1ccc2c(c1)OC(F)(F)O2)C(=O)C=C1OC(C)(C)OC1=O. The minimum Gasteiger partial charge on any atom is -0.445 e. The van der Waals surface area contributed by atoms with E-state index in [1.54, 1.807) is 13.8 Å². The second-order valence-electron chi connectivity index (χ2n) is 6.04. The number of alkyl halides is 2. The van der Waals surface area contributed by atoms with E-state index in [1.165, 1.54) is 30.1 Å². The Morgan fingerprint density at radius 3 is 2.48 bits per heavy atom. The smallest absolute Gasteiger partial charge is 0.445 e. The summed E-state index contributed by atoms with van der Waals surface area (Å²) in [6, 6.07) is 4.23. The van der Waals surface area contributed by atoms with Crippen molar-refractivity contribution in [3.05, 3.63) is 35.6 Å². The minimum atomic E-state index is -3.69. The molecule has 3 rings (SSSR count). The standard InChI is InChI=1S/C16H15F2NO6/c1-15(2)22-12(14(21)25-15)7-13(20)19(3)8-9-4-5-10-11(6-9)24-16(17,18)23-10/h4-7H,8H2,1-3H3. The fourth-order valence-electron chi connectivity index (χ4n) is 2.36. The van der Waals surface area contributed by atoms with Gasteiger partial charge >= 0.3 is 12.3 Å². The Morgan fingerprint density at radius 2 is 1.84 bits per heavy atom. The molecule has 0 aromatic heterocycles. The van der Waals surface area contributed by atoms with Crippen molar-refractivity contribution in [1.29, 1.82) is 0 Å². The summed E-state index contributed by atoms with van der Waals surface area (Å²) in [5.74, 6) is -2.72. The highest BCUT2D eigenvalue weighted by molar-refractivity contribution is 5.97. The van der Waals surface area contributed by atoms with Crippen LogP contribution in [0.3, 0.4) is 0 Å². The van der Waals surface area contributed by atoms with E-state index in [9.17, 15) is 18.4 Å². The van der Waals surface area contributed by atoms with Gasteiger partial charge in [-0.2, -0.15) is 0 Å². The number of hydrogen-bond donors (Lipinski definition) is 0. The van der Waals surface area contributed by atoms with Crippen LogP contribution in [0.4, 0.5) is 8.78 Å². The molecule has 1 fully saturated rings. The molecule has 2 aliphatic heterocycles. The van der Waals surface area contributed by atoms with Crippen molar-refractivity contribution in [3.63, 3.8) is 0 Å². The number of amides is 1. The predicted octanol–water partition coefficient (Wildman–Crippen LogP) is 2.16. The van der Waals surface area contributed by atoms with E-state index >= 15 is 0 Å². The molecule has 0 radical (unpaired) electrons. The minimum absolute atomic E-state index is 0.0748. The number of carbonyl (C=O) groups is 2. The van der Waals surface area contributed by atoms with Crippen LogP contribution >= 0.6 is 0 Å². The van der Waals surface area contributed by atoms with Gasteiger partial charge in [0.2, 0.25) is 11.5 Å². The van der Waals surface area contributed by atoms with Gasteiger partial charge in [0.25, 0.3) is 5.91 Å². The first-order valence-electron chi connectivity index (χ1n) is 7.33. The second-order valence-corrected chi connectivity index (χ2v) is 6.04. The van der Waals surface area contributed by atoms with E-state index in [0.29, 0.717) is 5.56 Å². The molecule has 1 saturated heterocycles. The Labute approximate surface area is 141 Å². The Kier molecular flexibility index (Phi) is 3.81. The van der Waals surface area contributed by atoms with Crippen LogP contribution < -0.4 is 9.47 Å².